The van der Waals surface area contributed by atoms with Crippen LogP contribution in [0.1, 0.15) is 27.0 Å². The molecule has 108 valence electrons. The van der Waals surface area contributed by atoms with Gasteiger partial charge in [-0.05, 0) is 43.2 Å². The zero-order valence-electron chi connectivity index (χ0n) is 12.6. The van der Waals surface area contributed by atoms with Crippen LogP contribution in [0.25, 0.3) is 6.08 Å². The maximum atomic E-state index is 12.1. The van der Waals surface area contributed by atoms with Crippen LogP contribution in [-0.2, 0) is 0 Å². The zero-order chi connectivity index (χ0) is 15.2. The highest BCUT2D eigenvalue weighted by Gasteiger charge is 2.03. The maximum Gasteiger partial charge on any atom is 0.185 e. The van der Waals surface area contributed by atoms with Gasteiger partial charge >= 0.3 is 0 Å². The smallest absolute Gasteiger partial charge is 0.185 e. The fourth-order valence-corrected chi connectivity index (χ4v) is 2.04. The Morgan fingerprint density at radius 2 is 1.67 bits per heavy atom. The Hall–Kier alpha value is -2.39. The Bertz CT molecular complexity index is 657. The number of carbonyl (C=O) groups excluding carboxylic acids is 1. The highest BCUT2D eigenvalue weighted by molar-refractivity contribution is 6.07. The summed E-state index contributed by atoms with van der Waals surface area (Å²) in [7, 11) is 1.81. The molecule has 2 aromatic rings. The molecule has 0 aromatic heterocycles. The van der Waals surface area contributed by atoms with Crippen LogP contribution >= 0.6 is 0 Å². The molecule has 0 atom stereocenters. The molecule has 2 aromatic carbocycles. The fraction of sp³-hybridized carbons (Fsp3) is 0.167. The predicted octanol–water partition coefficient (Wildman–Crippen LogP) is 3.75. The molecule has 3 heteroatoms. The second kappa shape index (κ2) is 6.86. The van der Waals surface area contributed by atoms with Crippen LogP contribution in [0.5, 0.6) is 0 Å². The highest BCUT2D eigenvalue weighted by Crippen LogP contribution is 2.18. The molecular weight excluding hydrogens is 260 g/mol. The number of rotatable bonds is 5. The van der Waals surface area contributed by atoms with Gasteiger partial charge in [-0.15, -0.1) is 0 Å². The molecule has 0 spiro atoms. The second-order valence-corrected chi connectivity index (χ2v) is 5.03. The number of ketones is 1. The molecule has 0 fully saturated rings. The first-order valence-electron chi connectivity index (χ1n) is 6.92. The number of anilines is 1. The van der Waals surface area contributed by atoms with Crippen LogP contribution in [0.3, 0.4) is 0 Å². The maximum absolute atomic E-state index is 12.1. The fourth-order valence-electron chi connectivity index (χ4n) is 2.04. The molecule has 0 saturated carbocycles. The number of hydrazine groups is 1. The number of benzene rings is 2. The Morgan fingerprint density at radius 3 is 2.33 bits per heavy atom. The molecule has 0 aliphatic rings. The van der Waals surface area contributed by atoms with Gasteiger partial charge in [0.1, 0.15) is 0 Å². The van der Waals surface area contributed by atoms with Gasteiger partial charge in [-0.1, -0.05) is 42.0 Å². The lowest BCUT2D eigenvalue weighted by molar-refractivity contribution is 0.104. The third-order valence-corrected chi connectivity index (χ3v) is 3.22. The zero-order valence-corrected chi connectivity index (χ0v) is 12.6. The number of aryl methyl sites for hydroxylation is 2. The number of allylic oxidation sites excluding steroid dienone is 1. The van der Waals surface area contributed by atoms with Crippen molar-refractivity contribution < 1.29 is 4.79 Å². The lowest BCUT2D eigenvalue weighted by Crippen LogP contribution is -2.15. The molecule has 3 nitrogen and oxygen atoms in total. The predicted molar refractivity (Wildman–Crippen MR) is 88.4 cm³/mol. The number of carbonyl (C=O) groups is 1. The van der Waals surface area contributed by atoms with E-state index >= 15 is 0 Å². The van der Waals surface area contributed by atoms with Gasteiger partial charge in [-0.25, -0.2) is 5.43 Å². The molecule has 0 saturated heterocycles. The minimum Gasteiger partial charge on any atom is -0.321 e. The highest BCUT2D eigenvalue weighted by atomic mass is 16.1. The molecule has 2 rings (SSSR count). The van der Waals surface area contributed by atoms with Gasteiger partial charge in [0.05, 0.1) is 5.69 Å². The van der Waals surface area contributed by atoms with E-state index in [9.17, 15) is 4.79 Å². The molecule has 0 aliphatic carbocycles. The van der Waals surface area contributed by atoms with E-state index in [4.69, 9.17) is 0 Å². The summed E-state index contributed by atoms with van der Waals surface area (Å²) in [5, 5.41) is 0. The summed E-state index contributed by atoms with van der Waals surface area (Å²) in [6.45, 7) is 4.04. The minimum atomic E-state index is 0.00554. The van der Waals surface area contributed by atoms with E-state index in [2.05, 4.69) is 10.9 Å². The Kier molecular flexibility index (Phi) is 4.90. The van der Waals surface area contributed by atoms with E-state index in [0.717, 1.165) is 22.4 Å². The Labute approximate surface area is 125 Å². The van der Waals surface area contributed by atoms with Gasteiger partial charge in [-0.3, -0.25) is 4.79 Å². The monoisotopic (exact) mass is 280 g/mol. The van der Waals surface area contributed by atoms with Crippen molar-refractivity contribution in [3.63, 3.8) is 0 Å². The van der Waals surface area contributed by atoms with Gasteiger partial charge in [-0.2, -0.15) is 0 Å². The first-order chi connectivity index (χ1) is 10.1. The van der Waals surface area contributed by atoms with Gasteiger partial charge in [0.25, 0.3) is 0 Å². The molecule has 0 aliphatic heterocycles. The van der Waals surface area contributed by atoms with Crippen LogP contribution in [-0.4, -0.2) is 12.8 Å². The summed E-state index contributed by atoms with van der Waals surface area (Å²) in [4.78, 5) is 12.1. The number of hydrogen-bond donors (Lipinski definition) is 2. The summed E-state index contributed by atoms with van der Waals surface area (Å²) in [5.74, 6) is 0.00554. The standard InChI is InChI=1S/C18H20N2O/c1-13-4-8-16(9-5-13)18(21)11-10-15-7-6-14(2)12-17(15)20-19-3/h4-12,19-20H,1-3H3/b11-10+. The molecule has 0 amide bonds. The third-order valence-electron chi connectivity index (χ3n) is 3.22. The van der Waals surface area contributed by atoms with Crippen molar-refractivity contribution in [1.29, 1.82) is 0 Å². The lowest BCUT2D eigenvalue weighted by Gasteiger charge is -2.09. The van der Waals surface area contributed by atoms with Gasteiger partial charge in [0.15, 0.2) is 5.78 Å². The first-order valence-corrected chi connectivity index (χ1v) is 6.92. The molecule has 0 heterocycles. The molecular formula is C18H20N2O. The van der Waals surface area contributed by atoms with E-state index in [1.165, 1.54) is 0 Å². The van der Waals surface area contributed by atoms with Crippen molar-refractivity contribution in [2.45, 2.75) is 13.8 Å². The Morgan fingerprint density at radius 1 is 1.00 bits per heavy atom. The summed E-state index contributed by atoms with van der Waals surface area (Å²) in [5.41, 5.74) is 10.9. The molecule has 21 heavy (non-hydrogen) atoms. The van der Waals surface area contributed by atoms with E-state index in [-0.39, 0.29) is 5.78 Å². The third kappa shape index (κ3) is 4.04. The summed E-state index contributed by atoms with van der Waals surface area (Å²) >= 11 is 0. The van der Waals surface area contributed by atoms with Crippen LogP contribution in [0.2, 0.25) is 0 Å². The van der Waals surface area contributed by atoms with Crippen molar-refractivity contribution in [1.82, 2.24) is 5.43 Å². The van der Waals surface area contributed by atoms with Crippen LogP contribution in [0, 0.1) is 13.8 Å². The van der Waals surface area contributed by atoms with Gasteiger partial charge in [0.2, 0.25) is 0 Å². The summed E-state index contributed by atoms with van der Waals surface area (Å²) < 4.78 is 0. The van der Waals surface area contributed by atoms with Crippen molar-refractivity contribution >= 4 is 17.5 Å². The van der Waals surface area contributed by atoms with E-state index in [0.29, 0.717) is 5.56 Å². The quantitative estimate of drug-likeness (QED) is 0.498. The average molecular weight is 280 g/mol. The van der Waals surface area contributed by atoms with E-state index in [1.54, 1.807) is 6.08 Å². The van der Waals surface area contributed by atoms with Gasteiger partial charge in [0, 0.05) is 12.6 Å². The van der Waals surface area contributed by atoms with Crippen molar-refractivity contribution in [2.75, 3.05) is 12.5 Å². The van der Waals surface area contributed by atoms with Crippen molar-refractivity contribution in [3.05, 3.63) is 70.8 Å². The SMILES string of the molecule is CNNc1cc(C)ccc1/C=C/C(=O)c1ccc(C)cc1. The number of nitrogens with one attached hydrogen (secondary N) is 2. The normalized spacial score (nSPS) is 10.8. The summed E-state index contributed by atoms with van der Waals surface area (Å²) in [6.07, 6.45) is 3.44. The average Bonchev–Trinajstić information content (AvgIpc) is 2.47. The van der Waals surface area contributed by atoms with E-state index < -0.39 is 0 Å². The largest absolute Gasteiger partial charge is 0.321 e. The van der Waals surface area contributed by atoms with Crippen molar-refractivity contribution in [3.8, 4) is 0 Å². The molecule has 2 N–H and O–H groups in total. The first kappa shape index (κ1) is 15.0. The minimum absolute atomic E-state index is 0.00554. The second-order valence-electron chi connectivity index (χ2n) is 5.03. The van der Waals surface area contributed by atoms with E-state index in [1.807, 2.05) is 69.4 Å². The topological polar surface area (TPSA) is 41.1 Å². The lowest BCUT2D eigenvalue weighted by atomic mass is 10.1. The molecule has 0 unspecified atom stereocenters. The number of hydrogen-bond acceptors (Lipinski definition) is 3. The van der Waals surface area contributed by atoms with Crippen LogP contribution in [0.15, 0.2) is 48.5 Å². The van der Waals surface area contributed by atoms with Gasteiger partial charge < -0.3 is 5.43 Å². The van der Waals surface area contributed by atoms with Crippen LogP contribution < -0.4 is 10.9 Å². The van der Waals surface area contributed by atoms with Crippen molar-refractivity contribution in [2.24, 2.45) is 0 Å². The molecule has 0 bridgehead atoms. The molecule has 0 radical (unpaired) electrons. The summed E-state index contributed by atoms with van der Waals surface area (Å²) in [6, 6.07) is 13.6. The van der Waals surface area contributed by atoms with Crippen LogP contribution in [0.4, 0.5) is 5.69 Å². The Balaban J connectivity index is 2.20.